The van der Waals surface area contributed by atoms with Crippen LogP contribution in [0.3, 0.4) is 0 Å². The zero-order chi connectivity index (χ0) is 12.8. The van der Waals surface area contributed by atoms with Crippen molar-refractivity contribution in [2.45, 2.75) is 46.4 Å². The topological polar surface area (TPSA) is 60.6 Å². The van der Waals surface area contributed by atoms with Crippen molar-refractivity contribution in [3.05, 3.63) is 30.4 Å². The molecule has 0 aliphatic rings. The Hall–Kier alpha value is -1.69. The van der Waals surface area contributed by atoms with Gasteiger partial charge in [0.25, 0.3) is 0 Å². The molecule has 0 aliphatic carbocycles. The maximum atomic E-state index is 4.18. The quantitative estimate of drug-likeness (QED) is 0.799. The summed E-state index contributed by atoms with van der Waals surface area (Å²) in [5.41, 5.74) is 1.21. The molecule has 0 fully saturated rings. The fraction of sp³-hybridized carbons (Fsp3) is 0.583. The Morgan fingerprint density at radius 1 is 1.17 bits per heavy atom. The van der Waals surface area contributed by atoms with Gasteiger partial charge in [-0.15, -0.1) is 10.2 Å². The van der Waals surface area contributed by atoms with Crippen LogP contribution in [0.4, 0.5) is 0 Å². The van der Waals surface area contributed by atoms with Crippen molar-refractivity contribution < 1.29 is 0 Å². The van der Waals surface area contributed by atoms with Crippen molar-refractivity contribution in [2.24, 2.45) is 0 Å². The molecule has 2 rings (SSSR count). The average molecular weight is 248 g/mol. The predicted octanol–water partition coefficient (Wildman–Crippen LogP) is 1.19. The Labute approximate surface area is 107 Å². The third-order valence-corrected chi connectivity index (χ3v) is 2.89. The summed E-state index contributed by atoms with van der Waals surface area (Å²) in [6, 6.07) is 0. The number of hydrogen-bond acceptors (Lipinski definition) is 4. The van der Waals surface area contributed by atoms with Crippen LogP contribution in [0.5, 0.6) is 0 Å². The molecule has 2 aromatic rings. The summed E-state index contributed by atoms with van der Waals surface area (Å²) < 4.78 is 4.22. The number of imidazole rings is 1. The molecule has 18 heavy (non-hydrogen) atoms. The van der Waals surface area contributed by atoms with Gasteiger partial charge in [-0.3, -0.25) is 0 Å². The molecule has 0 radical (unpaired) electrons. The molecule has 2 aromatic heterocycles. The first-order valence-electron chi connectivity index (χ1n) is 6.41. The molecule has 6 heteroatoms. The summed E-state index contributed by atoms with van der Waals surface area (Å²) in [4.78, 5) is 4.18. The minimum Gasteiger partial charge on any atom is -0.333 e. The van der Waals surface area contributed by atoms with Gasteiger partial charge in [-0.1, -0.05) is 6.92 Å². The minimum atomic E-state index is 0.727. The molecule has 2 heterocycles. The van der Waals surface area contributed by atoms with Crippen LogP contribution >= 0.6 is 0 Å². The van der Waals surface area contributed by atoms with Crippen LogP contribution in [0.1, 0.15) is 31.8 Å². The van der Waals surface area contributed by atoms with Crippen LogP contribution in [0, 0.1) is 0 Å². The van der Waals surface area contributed by atoms with Gasteiger partial charge < -0.3 is 14.5 Å². The van der Waals surface area contributed by atoms with E-state index in [-0.39, 0.29) is 0 Å². The van der Waals surface area contributed by atoms with E-state index < -0.39 is 0 Å². The van der Waals surface area contributed by atoms with Gasteiger partial charge >= 0.3 is 0 Å². The second-order valence-electron chi connectivity index (χ2n) is 4.22. The van der Waals surface area contributed by atoms with E-state index in [0.29, 0.717) is 0 Å². The van der Waals surface area contributed by atoms with Crippen molar-refractivity contribution in [3.8, 4) is 0 Å². The standard InChI is InChI=1S/C12H20N6/c1-3-5-18-9-14-7-11(18)6-13-8-12-16-15-10-17(12)4-2/h7,9-10,13H,3-6,8H2,1-2H3. The Bertz CT molecular complexity index is 472. The molecule has 1 N–H and O–H groups in total. The van der Waals surface area contributed by atoms with Crippen LogP contribution in [0.2, 0.25) is 0 Å². The van der Waals surface area contributed by atoms with E-state index in [1.165, 1.54) is 5.69 Å². The van der Waals surface area contributed by atoms with Crippen molar-refractivity contribution in [3.63, 3.8) is 0 Å². The number of rotatable bonds is 7. The van der Waals surface area contributed by atoms with Gasteiger partial charge in [0.2, 0.25) is 0 Å². The molecule has 0 saturated carbocycles. The van der Waals surface area contributed by atoms with Crippen LogP contribution in [0.25, 0.3) is 0 Å². The van der Waals surface area contributed by atoms with E-state index in [9.17, 15) is 0 Å². The number of aryl methyl sites for hydroxylation is 2. The van der Waals surface area contributed by atoms with Crippen molar-refractivity contribution in [1.29, 1.82) is 0 Å². The lowest BCUT2D eigenvalue weighted by atomic mass is 10.4. The van der Waals surface area contributed by atoms with Crippen LogP contribution in [-0.2, 0) is 26.2 Å². The Morgan fingerprint density at radius 3 is 2.83 bits per heavy atom. The van der Waals surface area contributed by atoms with Crippen molar-refractivity contribution in [2.75, 3.05) is 0 Å². The minimum absolute atomic E-state index is 0.727. The third kappa shape index (κ3) is 2.95. The molecule has 0 spiro atoms. The lowest BCUT2D eigenvalue weighted by Gasteiger charge is -2.08. The van der Waals surface area contributed by atoms with E-state index >= 15 is 0 Å². The largest absolute Gasteiger partial charge is 0.333 e. The van der Waals surface area contributed by atoms with Crippen molar-refractivity contribution in [1.82, 2.24) is 29.6 Å². The van der Waals surface area contributed by atoms with Crippen LogP contribution < -0.4 is 5.32 Å². The number of nitrogens with one attached hydrogen (secondary N) is 1. The lowest BCUT2D eigenvalue weighted by molar-refractivity contribution is 0.574. The number of nitrogens with zero attached hydrogens (tertiary/aromatic N) is 5. The summed E-state index contributed by atoms with van der Waals surface area (Å²) >= 11 is 0. The fourth-order valence-electron chi connectivity index (χ4n) is 1.92. The zero-order valence-electron chi connectivity index (χ0n) is 11.0. The lowest BCUT2D eigenvalue weighted by Crippen LogP contribution is -2.18. The number of hydrogen-bond donors (Lipinski definition) is 1. The smallest absolute Gasteiger partial charge is 0.146 e. The Balaban J connectivity index is 1.86. The van der Waals surface area contributed by atoms with E-state index in [1.807, 2.05) is 17.1 Å². The molecular formula is C12H20N6. The van der Waals surface area contributed by atoms with E-state index in [1.54, 1.807) is 6.33 Å². The van der Waals surface area contributed by atoms with E-state index in [0.717, 1.165) is 38.4 Å². The van der Waals surface area contributed by atoms with E-state index in [2.05, 4.69) is 38.9 Å². The predicted molar refractivity (Wildman–Crippen MR) is 68.8 cm³/mol. The van der Waals surface area contributed by atoms with Gasteiger partial charge in [-0.05, 0) is 13.3 Å². The Kier molecular flexibility index (Phi) is 4.46. The first-order chi connectivity index (χ1) is 8.85. The molecule has 0 aromatic carbocycles. The maximum absolute atomic E-state index is 4.18. The first kappa shape index (κ1) is 12.8. The highest BCUT2D eigenvalue weighted by atomic mass is 15.3. The fourth-order valence-corrected chi connectivity index (χ4v) is 1.92. The second kappa shape index (κ2) is 6.30. The summed E-state index contributed by atoms with van der Waals surface area (Å²) in [6.07, 6.45) is 6.67. The summed E-state index contributed by atoms with van der Waals surface area (Å²) in [5, 5.41) is 11.4. The summed E-state index contributed by atoms with van der Waals surface area (Å²) in [7, 11) is 0. The second-order valence-corrected chi connectivity index (χ2v) is 4.22. The molecule has 0 unspecified atom stereocenters. The van der Waals surface area contributed by atoms with Gasteiger partial charge in [0.15, 0.2) is 0 Å². The van der Waals surface area contributed by atoms with Crippen molar-refractivity contribution >= 4 is 0 Å². The summed E-state index contributed by atoms with van der Waals surface area (Å²) in [5.74, 6) is 0.971. The third-order valence-electron chi connectivity index (χ3n) is 2.89. The molecule has 6 nitrogen and oxygen atoms in total. The van der Waals surface area contributed by atoms with Gasteiger partial charge in [0.1, 0.15) is 12.2 Å². The molecule has 0 bridgehead atoms. The van der Waals surface area contributed by atoms with E-state index in [4.69, 9.17) is 0 Å². The van der Waals surface area contributed by atoms with Gasteiger partial charge in [-0.2, -0.15) is 0 Å². The molecule has 98 valence electrons. The molecule has 0 saturated heterocycles. The SMILES string of the molecule is CCCn1cncc1CNCc1nncn1CC. The molecular weight excluding hydrogens is 228 g/mol. The monoisotopic (exact) mass is 248 g/mol. The molecule has 0 amide bonds. The van der Waals surface area contributed by atoms with Gasteiger partial charge in [0.05, 0.1) is 18.6 Å². The molecule has 0 aliphatic heterocycles. The highest BCUT2D eigenvalue weighted by Crippen LogP contribution is 2.01. The molecule has 0 atom stereocenters. The maximum Gasteiger partial charge on any atom is 0.146 e. The van der Waals surface area contributed by atoms with Gasteiger partial charge in [-0.25, -0.2) is 4.98 Å². The first-order valence-corrected chi connectivity index (χ1v) is 6.41. The highest BCUT2D eigenvalue weighted by molar-refractivity contribution is 4.98. The average Bonchev–Trinajstić information content (AvgIpc) is 2.99. The highest BCUT2D eigenvalue weighted by Gasteiger charge is 2.04. The van der Waals surface area contributed by atoms with Crippen LogP contribution in [0.15, 0.2) is 18.9 Å². The summed E-state index contributed by atoms with van der Waals surface area (Å²) in [6.45, 7) is 7.70. The zero-order valence-corrected chi connectivity index (χ0v) is 11.0. The number of aromatic nitrogens is 5. The normalized spacial score (nSPS) is 11.0. The Morgan fingerprint density at radius 2 is 2.06 bits per heavy atom. The van der Waals surface area contributed by atoms with Gasteiger partial charge in [0, 0.05) is 25.8 Å². The van der Waals surface area contributed by atoms with Crippen LogP contribution in [-0.4, -0.2) is 24.3 Å².